The monoisotopic (exact) mass is 421 g/mol. The Morgan fingerprint density at radius 2 is 2.00 bits per heavy atom. The molecule has 1 amide bonds. The Labute approximate surface area is 179 Å². The Balaban J connectivity index is 1.24. The summed E-state index contributed by atoms with van der Waals surface area (Å²) >= 11 is 0. The van der Waals surface area contributed by atoms with E-state index in [0.29, 0.717) is 36.8 Å². The third-order valence-corrected chi connectivity index (χ3v) is 6.01. The van der Waals surface area contributed by atoms with Gasteiger partial charge in [-0.25, -0.2) is 15.2 Å². The molecule has 8 heteroatoms. The Kier molecular flexibility index (Phi) is 5.48. The molecule has 2 aliphatic heterocycles. The van der Waals surface area contributed by atoms with Crippen LogP contribution in [0.5, 0.6) is 0 Å². The number of amides is 1. The minimum absolute atomic E-state index is 0.0215. The number of benzene rings is 2. The second-order valence-corrected chi connectivity index (χ2v) is 8.13. The number of halogens is 1. The number of hydrogen-bond donors (Lipinski definition) is 2. The zero-order valence-corrected chi connectivity index (χ0v) is 17.0. The molecule has 2 N–H and O–H groups in total. The van der Waals surface area contributed by atoms with Gasteiger partial charge in [0.05, 0.1) is 5.92 Å². The summed E-state index contributed by atoms with van der Waals surface area (Å²) in [6.07, 6.45) is 2.45. The van der Waals surface area contributed by atoms with Crippen LogP contribution >= 0.6 is 0 Å². The highest BCUT2D eigenvalue weighted by atomic mass is 19.1. The molecule has 0 aliphatic carbocycles. The molecule has 5 rings (SSSR count). The van der Waals surface area contributed by atoms with E-state index >= 15 is 0 Å². The molecule has 2 aromatic carbocycles. The first-order valence-corrected chi connectivity index (χ1v) is 10.6. The fourth-order valence-electron chi connectivity index (χ4n) is 4.37. The quantitative estimate of drug-likeness (QED) is 0.673. The standard InChI is InChI=1S/C23H24FN5O2/c24-18-10-4-8-16(12-18)21-25-22(31-28-21)17-9-5-11-29(14-17)23(30)20-13-19(26-27-20)15-6-2-1-3-7-15/h1-4,6-8,10,12,17,19-20,26-27H,5,9,11,13-14H2. The summed E-state index contributed by atoms with van der Waals surface area (Å²) in [7, 11) is 0. The molecule has 0 saturated carbocycles. The van der Waals surface area contributed by atoms with Crippen molar-refractivity contribution in [1.29, 1.82) is 0 Å². The fourth-order valence-corrected chi connectivity index (χ4v) is 4.37. The van der Waals surface area contributed by atoms with Gasteiger partial charge in [-0.1, -0.05) is 47.6 Å². The Morgan fingerprint density at radius 3 is 2.84 bits per heavy atom. The van der Waals surface area contributed by atoms with E-state index in [-0.39, 0.29) is 29.7 Å². The number of carbonyl (C=O) groups is 1. The highest BCUT2D eigenvalue weighted by Crippen LogP contribution is 2.29. The number of hydrazine groups is 1. The van der Waals surface area contributed by atoms with Crippen molar-refractivity contribution in [2.75, 3.05) is 13.1 Å². The molecule has 0 radical (unpaired) electrons. The molecule has 7 nitrogen and oxygen atoms in total. The van der Waals surface area contributed by atoms with Crippen molar-refractivity contribution in [1.82, 2.24) is 25.9 Å². The van der Waals surface area contributed by atoms with Gasteiger partial charge in [-0.15, -0.1) is 0 Å². The topological polar surface area (TPSA) is 83.3 Å². The van der Waals surface area contributed by atoms with Crippen molar-refractivity contribution >= 4 is 5.91 Å². The summed E-state index contributed by atoms with van der Waals surface area (Å²) < 4.78 is 19.0. The maximum atomic E-state index is 13.5. The average Bonchev–Trinajstić information content (AvgIpc) is 3.50. The minimum Gasteiger partial charge on any atom is -0.341 e. The van der Waals surface area contributed by atoms with Gasteiger partial charge in [-0.2, -0.15) is 4.98 Å². The molecule has 0 bridgehead atoms. The molecule has 3 atom stereocenters. The van der Waals surface area contributed by atoms with Crippen LogP contribution in [-0.2, 0) is 4.79 Å². The lowest BCUT2D eigenvalue weighted by Crippen LogP contribution is -2.48. The molecule has 3 heterocycles. The Morgan fingerprint density at radius 1 is 1.13 bits per heavy atom. The van der Waals surface area contributed by atoms with Crippen molar-refractivity contribution in [2.24, 2.45) is 0 Å². The van der Waals surface area contributed by atoms with Crippen LogP contribution in [0, 0.1) is 5.82 Å². The summed E-state index contributed by atoms with van der Waals surface area (Å²) in [6.45, 7) is 1.26. The van der Waals surface area contributed by atoms with Gasteiger partial charge in [-0.3, -0.25) is 4.79 Å². The molecule has 1 aromatic heterocycles. The number of piperidine rings is 1. The number of hydrogen-bond acceptors (Lipinski definition) is 6. The highest BCUT2D eigenvalue weighted by Gasteiger charge is 2.36. The van der Waals surface area contributed by atoms with E-state index < -0.39 is 0 Å². The first kappa shape index (κ1) is 19.8. The van der Waals surface area contributed by atoms with Crippen molar-refractivity contribution in [3.8, 4) is 11.4 Å². The van der Waals surface area contributed by atoms with E-state index in [1.165, 1.54) is 12.1 Å². The van der Waals surface area contributed by atoms with Crippen LogP contribution in [0.3, 0.4) is 0 Å². The van der Waals surface area contributed by atoms with E-state index in [1.807, 2.05) is 23.1 Å². The largest absolute Gasteiger partial charge is 0.341 e. The third-order valence-electron chi connectivity index (χ3n) is 6.01. The van der Waals surface area contributed by atoms with Crippen LogP contribution in [0.4, 0.5) is 4.39 Å². The Hall–Kier alpha value is -3.10. The number of nitrogens with one attached hydrogen (secondary N) is 2. The molecule has 3 aromatic rings. The van der Waals surface area contributed by atoms with Crippen LogP contribution in [0.15, 0.2) is 59.1 Å². The van der Waals surface area contributed by atoms with E-state index in [0.717, 1.165) is 18.4 Å². The van der Waals surface area contributed by atoms with Crippen LogP contribution in [-0.4, -0.2) is 40.1 Å². The number of rotatable bonds is 4. The van der Waals surface area contributed by atoms with Gasteiger partial charge in [0.15, 0.2) is 0 Å². The molecule has 31 heavy (non-hydrogen) atoms. The van der Waals surface area contributed by atoms with Crippen LogP contribution in [0.1, 0.15) is 42.7 Å². The number of nitrogens with zero attached hydrogens (tertiary/aromatic N) is 3. The molecular weight excluding hydrogens is 397 g/mol. The SMILES string of the molecule is O=C(C1CC(c2ccccc2)NN1)N1CCCC(c2nc(-c3cccc(F)c3)no2)C1. The third kappa shape index (κ3) is 4.22. The minimum atomic E-state index is -0.343. The van der Waals surface area contributed by atoms with Gasteiger partial charge in [0.2, 0.25) is 17.6 Å². The lowest BCUT2D eigenvalue weighted by Gasteiger charge is -2.32. The highest BCUT2D eigenvalue weighted by molar-refractivity contribution is 5.82. The van der Waals surface area contributed by atoms with Crippen molar-refractivity contribution in [2.45, 2.75) is 37.3 Å². The van der Waals surface area contributed by atoms with Crippen molar-refractivity contribution in [3.63, 3.8) is 0 Å². The molecule has 0 spiro atoms. The summed E-state index contributed by atoms with van der Waals surface area (Å²) in [5, 5.41) is 4.02. The molecule has 2 aliphatic rings. The van der Waals surface area contributed by atoms with Gasteiger partial charge < -0.3 is 9.42 Å². The lowest BCUT2D eigenvalue weighted by molar-refractivity contribution is -0.134. The maximum Gasteiger partial charge on any atom is 0.241 e. The van der Waals surface area contributed by atoms with Crippen LogP contribution in [0.2, 0.25) is 0 Å². The van der Waals surface area contributed by atoms with E-state index in [2.05, 4.69) is 33.1 Å². The van der Waals surface area contributed by atoms with Gasteiger partial charge in [0.1, 0.15) is 11.9 Å². The van der Waals surface area contributed by atoms with Gasteiger partial charge in [0, 0.05) is 24.7 Å². The first-order chi connectivity index (χ1) is 15.2. The molecule has 160 valence electrons. The predicted octanol–water partition coefficient (Wildman–Crippen LogP) is 3.19. The van der Waals surface area contributed by atoms with E-state index in [9.17, 15) is 9.18 Å². The lowest BCUT2D eigenvalue weighted by atomic mass is 9.96. The zero-order chi connectivity index (χ0) is 21.2. The van der Waals surface area contributed by atoms with Gasteiger partial charge in [-0.05, 0) is 37.0 Å². The van der Waals surface area contributed by atoms with Gasteiger partial charge in [0.25, 0.3) is 0 Å². The zero-order valence-electron chi connectivity index (χ0n) is 17.0. The summed E-state index contributed by atoms with van der Waals surface area (Å²) in [5.74, 6) is 0.582. The number of carbonyl (C=O) groups excluding carboxylic acids is 1. The smallest absolute Gasteiger partial charge is 0.241 e. The second kappa shape index (κ2) is 8.56. The summed E-state index contributed by atoms with van der Waals surface area (Å²) in [4.78, 5) is 19.5. The average molecular weight is 421 g/mol. The maximum absolute atomic E-state index is 13.5. The number of likely N-dealkylation sites (tertiary alicyclic amines) is 1. The summed E-state index contributed by atoms with van der Waals surface area (Å²) in [5.41, 5.74) is 8.14. The van der Waals surface area contributed by atoms with E-state index in [1.54, 1.807) is 12.1 Å². The van der Waals surface area contributed by atoms with Gasteiger partial charge >= 0.3 is 0 Å². The molecular formula is C23H24FN5O2. The van der Waals surface area contributed by atoms with E-state index in [4.69, 9.17) is 4.52 Å². The molecule has 2 saturated heterocycles. The normalized spacial score (nSPS) is 23.8. The number of aromatic nitrogens is 2. The summed E-state index contributed by atoms with van der Waals surface area (Å²) in [6, 6.07) is 16.1. The van der Waals surface area contributed by atoms with Crippen molar-refractivity contribution in [3.05, 3.63) is 71.9 Å². The Bertz CT molecular complexity index is 1060. The second-order valence-electron chi connectivity index (χ2n) is 8.13. The van der Waals surface area contributed by atoms with Crippen LogP contribution in [0.25, 0.3) is 11.4 Å². The predicted molar refractivity (Wildman–Crippen MR) is 112 cm³/mol. The molecule has 3 unspecified atom stereocenters. The first-order valence-electron chi connectivity index (χ1n) is 10.6. The molecule has 2 fully saturated rings. The van der Waals surface area contributed by atoms with Crippen LogP contribution < -0.4 is 10.9 Å². The van der Waals surface area contributed by atoms with Crippen molar-refractivity contribution < 1.29 is 13.7 Å². The fraction of sp³-hybridized carbons (Fsp3) is 0.348.